The van der Waals surface area contributed by atoms with Crippen molar-refractivity contribution in [3.8, 4) is 0 Å². The molecule has 31 heavy (non-hydrogen) atoms. The minimum absolute atomic E-state index is 0.0693. The van der Waals surface area contributed by atoms with Crippen LogP contribution >= 0.6 is 0 Å². The highest BCUT2D eigenvalue weighted by molar-refractivity contribution is 5.88. The van der Waals surface area contributed by atoms with Crippen LogP contribution in [0.15, 0.2) is 65.4 Å². The maximum Gasteiger partial charge on any atom is 0.0718 e. The first-order valence-electron chi connectivity index (χ1n) is 11.0. The number of rotatable bonds is 6. The van der Waals surface area contributed by atoms with E-state index in [0.717, 1.165) is 46.7 Å². The van der Waals surface area contributed by atoms with Gasteiger partial charge in [-0.05, 0) is 73.2 Å². The van der Waals surface area contributed by atoms with Gasteiger partial charge >= 0.3 is 0 Å². The van der Waals surface area contributed by atoms with Crippen molar-refractivity contribution in [2.24, 2.45) is 5.92 Å². The van der Waals surface area contributed by atoms with E-state index in [1.54, 1.807) is 12.1 Å². The summed E-state index contributed by atoms with van der Waals surface area (Å²) in [5.74, 6) is -1.15. The summed E-state index contributed by atoms with van der Waals surface area (Å²) in [6.45, 7) is 10.1. The predicted octanol–water partition coefficient (Wildman–Crippen LogP) is 4.39. The Morgan fingerprint density at radius 3 is 2.45 bits per heavy atom. The lowest BCUT2D eigenvalue weighted by molar-refractivity contribution is -0.255. The van der Waals surface area contributed by atoms with E-state index >= 15 is 0 Å². The van der Waals surface area contributed by atoms with Crippen LogP contribution in [0.2, 0.25) is 0 Å². The van der Waals surface area contributed by atoms with Crippen LogP contribution in [-0.4, -0.2) is 19.1 Å². The van der Waals surface area contributed by atoms with Crippen molar-refractivity contribution in [3.05, 3.63) is 93.2 Å². The van der Waals surface area contributed by atoms with E-state index in [1.807, 2.05) is 12.1 Å². The van der Waals surface area contributed by atoms with Gasteiger partial charge in [0.1, 0.15) is 0 Å². The average Bonchev–Trinajstić information content (AvgIpc) is 2.74. The Labute approximate surface area is 184 Å². The molecule has 0 aromatic heterocycles. The second-order valence-electron chi connectivity index (χ2n) is 8.29. The van der Waals surface area contributed by atoms with Gasteiger partial charge in [0.15, 0.2) is 0 Å². The minimum Gasteiger partial charge on any atom is -0.545 e. The summed E-state index contributed by atoms with van der Waals surface area (Å²) >= 11 is 0. The molecule has 0 heterocycles. The summed E-state index contributed by atoms with van der Waals surface area (Å²) in [6, 6.07) is 11.7. The van der Waals surface area contributed by atoms with Crippen molar-refractivity contribution >= 4 is 17.7 Å². The Hall–Kier alpha value is -3.27. The number of allylic oxidation sites excluding steroid dienone is 4. The molecule has 2 aliphatic carbocycles. The van der Waals surface area contributed by atoms with Crippen LogP contribution in [0.5, 0.6) is 0 Å². The van der Waals surface area contributed by atoms with Gasteiger partial charge in [-0.3, -0.25) is 0 Å². The fourth-order valence-electron chi connectivity index (χ4n) is 4.85. The van der Waals surface area contributed by atoms with Gasteiger partial charge < -0.3 is 20.5 Å². The van der Waals surface area contributed by atoms with Crippen LogP contribution in [0.25, 0.3) is 6.08 Å². The zero-order valence-electron chi connectivity index (χ0n) is 18.6. The van der Waals surface area contributed by atoms with E-state index in [1.165, 1.54) is 11.1 Å². The largest absolute Gasteiger partial charge is 0.545 e. The van der Waals surface area contributed by atoms with Gasteiger partial charge in [-0.15, -0.1) is 0 Å². The number of carboxylic acid groups (broad SMARTS) is 1. The van der Waals surface area contributed by atoms with Crippen LogP contribution in [0.3, 0.4) is 0 Å². The molecule has 2 N–H and O–H groups in total. The number of hydrogen-bond donors (Lipinski definition) is 2. The number of anilines is 1. The maximum absolute atomic E-state index is 12.0. The van der Waals surface area contributed by atoms with Gasteiger partial charge in [0.25, 0.3) is 0 Å². The number of carboxylic acids is 1. The fourth-order valence-corrected chi connectivity index (χ4v) is 4.85. The quantitative estimate of drug-likeness (QED) is 0.737. The molecule has 0 bridgehead atoms. The summed E-state index contributed by atoms with van der Waals surface area (Å²) in [5.41, 5.74) is 9.13. The molecular formula is C27H29N2O2-. The molecule has 0 radical (unpaired) electrons. The number of likely N-dealkylation sites (N-methyl/N-ethyl adjacent to an activating group) is 1. The number of benzene rings is 2. The molecule has 0 aliphatic heterocycles. The van der Waals surface area contributed by atoms with Crippen molar-refractivity contribution < 1.29 is 9.90 Å². The molecular weight excluding hydrogens is 384 g/mol. The second-order valence-corrected chi connectivity index (χ2v) is 8.29. The smallest absolute Gasteiger partial charge is 0.0718 e. The summed E-state index contributed by atoms with van der Waals surface area (Å²) in [5, 5.41) is 18.9. The molecule has 160 valence electrons. The van der Waals surface area contributed by atoms with E-state index in [0.29, 0.717) is 0 Å². The van der Waals surface area contributed by atoms with Crippen LogP contribution in [0.1, 0.15) is 59.3 Å². The standard InChI is InChI=1S/C27H30N2O2/c1-5-28-24-14-18-13-19-15-25(29-6-2)17(4)12-23(19)26(22(18)11-16(24)3)20-9-7-8-10-21(20)27(30)31/h7-15,22,26,28-29H,5-6H2,1-4H3,(H,30,31)/p-1. The molecule has 2 aliphatic rings. The molecule has 4 heteroatoms. The van der Waals surface area contributed by atoms with Gasteiger partial charge in [-0.25, -0.2) is 0 Å². The van der Waals surface area contributed by atoms with Gasteiger partial charge in [0.2, 0.25) is 0 Å². The molecule has 0 saturated carbocycles. The van der Waals surface area contributed by atoms with E-state index in [9.17, 15) is 9.90 Å². The Balaban J connectivity index is 1.96. The zero-order valence-corrected chi connectivity index (χ0v) is 18.6. The number of hydrogen-bond acceptors (Lipinski definition) is 4. The molecule has 2 aromatic carbocycles. The third kappa shape index (κ3) is 3.78. The van der Waals surface area contributed by atoms with Crippen molar-refractivity contribution in [1.82, 2.24) is 5.32 Å². The van der Waals surface area contributed by atoms with E-state index in [4.69, 9.17) is 0 Å². The normalized spacial score (nSPS) is 19.4. The molecule has 2 unspecified atom stereocenters. The highest BCUT2D eigenvalue weighted by Gasteiger charge is 2.34. The van der Waals surface area contributed by atoms with Gasteiger partial charge in [-0.1, -0.05) is 42.5 Å². The minimum atomic E-state index is -1.13. The molecule has 2 aromatic rings. The molecule has 0 amide bonds. The highest BCUT2D eigenvalue weighted by atomic mass is 16.4. The Morgan fingerprint density at radius 2 is 1.74 bits per heavy atom. The van der Waals surface area contributed by atoms with Crippen molar-refractivity contribution in [2.45, 2.75) is 33.6 Å². The molecule has 0 fully saturated rings. The van der Waals surface area contributed by atoms with Crippen LogP contribution in [0.4, 0.5) is 5.69 Å². The van der Waals surface area contributed by atoms with Crippen LogP contribution in [-0.2, 0) is 0 Å². The van der Waals surface area contributed by atoms with Crippen molar-refractivity contribution in [1.29, 1.82) is 0 Å². The molecule has 4 nitrogen and oxygen atoms in total. The zero-order chi connectivity index (χ0) is 22.1. The molecule has 4 rings (SSSR count). The monoisotopic (exact) mass is 413 g/mol. The van der Waals surface area contributed by atoms with Crippen molar-refractivity contribution in [3.63, 3.8) is 0 Å². The lowest BCUT2D eigenvalue weighted by Gasteiger charge is -2.37. The lowest BCUT2D eigenvalue weighted by Crippen LogP contribution is -2.29. The van der Waals surface area contributed by atoms with Gasteiger partial charge in [0.05, 0.1) is 5.97 Å². The second kappa shape index (κ2) is 8.46. The lowest BCUT2D eigenvalue weighted by atomic mass is 9.68. The average molecular weight is 414 g/mol. The SMILES string of the molecule is CCNC1=CC2=Cc3cc(NCC)c(C)cc3C(c3ccccc3C(=O)[O-])C2C=C1C. The number of nitrogens with one attached hydrogen (secondary N) is 2. The predicted molar refractivity (Wildman–Crippen MR) is 125 cm³/mol. The van der Waals surface area contributed by atoms with Gasteiger partial charge in [0, 0.05) is 41.9 Å². The summed E-state index contributed by atoms with van der Waals surface area (Å²) in [4.78, 5) is 12.0. The van der Waals surface area contributed by atoms with Crippen LogP contribution in [0, 0.1) is 12.8 Å². The Bertz CT molecular complexity index is 1120. The summed E-state index contributed by atoms with van der Waals surface area (Å²) < 4.78 is 0. The van der Waals surface area contributed by atoms with E-state index < -0.39 is 5.97 Å². The molecule has 0 spiro atoms. The first kappa shape index (κ1) is 21.0. The number of aromatic carboxylic acids is 1. The van der Waals surface area contributed by atoms with Crippen molar-refractivity contribution in [2.75, 3.05) is 18.4 Å². The Morgan fingerprint density at radius 1 is 1.00 bits per heavy atom. The van der Waals surface area contributed by atoms with Crippen LogP contribution < -0.4 is 15.7 Å². The third-order valence-electron chi connectivity index (χ3n) is 6.25. The molecule has 0 saturated heterocycles. The third-order valence-corrected chi connectivity index (χ3v) is 6.25. The first-order valence-corrected chi connectivity index (χ1v) is 11.0. The van der Waals surface area contributed by atoms with E-state index in [-0.39, 0.29) is 17.4 Å². The maximum atomic E-state index is 12.0. The summed E-state index contributed by atoms with van der Waals surface area (Å²) in [7, 11) is 0. The number of fused-ring (bicyclic) bond motifs is 2. The Kier molecular flexibility index (Phi) is 5.73. The summed E-state index contributed by atoms with van der Waals surface area (Å²) in [6.07, 6.45) is 6.74. The first-order chi connectivity index (χ1) is 14.9. The van der Waals surface area contributed by atoms with Gasteiger partial charge in [-0.2, -0.15) is 0 Å². The molecule has 2 atom stereocenters. The number of aryl methyl sites for hydroxylation is 1. The number of carbonyl (C=O) groups excluding carboxylic acids is 1. The number of carbonyl (C=O) groups is 1. The topological polar surface area (TPSA) is 64.2 Å². The fraction of sp³-hybridized carbons (Fsp3) is 0.296. The highest BCUT2D eigenvalue weighted by Crippen LogP contribution is 2.48. The van der Waals surface area contributed by atoms with E-state index in [2.05, 4.69) is 68.7 Å².